The second-order valence-corrected chi connectivity index (χ2v) is 3.66. The van der Waals surface area contributed by atoms with E-state index >= 15 is 0 Å². The van der Waals surface area contributed by atoms with Gasteiger partial charge in [-0.3, -0.25) is 0 Å². The zero-order chi connectivity index (χ0) is 9.52. The van der Waals surface area contributed by atoms with Crippen molar-refractivity contribution < 1.29 is 0 Å². The van der Waals surface area contributed by atoms with Gasteiger partial charge in [0.15, 0.2) is 0 Å². The molecule has 13 heavy (non-hydrogen) atoms. The van der Waals surface area contributed by atoms with E-state index < -0.39 is 0 Å². The van der Waals surface area contributed by atoms with Crippen LogP contribution >= 0.6 is 11.8 Å². The van der Waals surface area contributed by atoms with Gasteiger partial charge in [0.1, 0.15) is 0 Å². The molecule has 0 aromatic carbocycles. The highest BCUT2D eigenvalue weighted by molar-refractivity contribution is 7.98. The first kappa shape index (κ1) is 10.2. The van der Waals surface area contributed by atoms with Crippen molar-refractivity contribution in [1.29, 1.82) is 0 Å². The normalized spacial score (nSPS) is 10.2. The summed E-state index contributed by atoms with van der Waals surface area (Å²) in [6, 6.07) is 0. The predicted molar refractivity (Wildman–Crippen MR) is 56.9 cm³/mol. The third kappa shape index (κ3) is 4.02. The maximum atomic E-state index is 5.36. The summed E-state index contributed by atoms with van der Waals surface area (Å²) in [6.07, 6.45) is 4.47. The number of aromatic nitrogens is 3. The van der Waals surface area contributed by atoms with Crippen molar-refractivity contribution in [2.75, 3.05) is 29.6 Å². The number of nitrogens with two attached hydrogens (primary N) is 1. The van der Waals surface area contributed by atoms with Gasteiger partial charge in [-0.05, 0) is 24.9 Å². The third-order valence-corrected chi connectivity index (χ3v) is 2.26. The number of thioether (sulfide) groups is 1. The van der Waals surface area contributed by atoms with Crippen LogP contribution in [0.3, 0.4) is 0 Å². The summed E-state index contributed by atoms with van der Waals surface area (Å²) in [5.74, 6) is 2.14. The molecule has 0 saturated heterocycles. The fourth-order valence-corrected chi connectivity index (χ4v) is 1.42. The van der Waals surface area contributed by atoms with Crippen LogP contribution in [-0.2, 0) is 0 Å². The van der Waals surface area contributed by atoms with E-state index in [0.717, 1.165) is 13.0 Å². The number of hydrogen-bond donors (Lipinski definition) is 3. The van der Waals surface area contributed by atoms with Crippen LogP contribution < -0.4 is 11.1 Å². The Morgan fingerprint density at radius 3 is 3.00 bits per heavy atom. The van der Waals surface area contributed by atoms with Crippen LogP contribution in [0.1, 0.15) is 12.8 Å². The van der Waals surface area contributed by atoms with Crippen LogP contribution in [0.25, 0.3) is 0 Å². The van der Waals surface area contributed by atoms with Crippen molar-refractivity contribution in [3.05, 3.63) is 0 Å². The third-order valence-electron chi connectivity index (χ3n) is 1.56. The molecular formula is C7H15N5S. The molecule has 0 saturated carbocycles. The Morgan fingerprint density at radius 2 is 2.38 bits per heavy atom. The summed E-state index contributed by atoms with van der Waals surface area (Å²) >= 11 is 1.87. The first-order valence-corrected chi connectivity index (χ1v) is 5.63. The quantitative estimate of drug-likeness (QED) is 0.597. The zero-order valence-corrected chi connectivity index (χ0v) is 8.52. The fraction of sp³-hybridized carbons (Fsp3) is 0.714. The van der Waals surface area contributed by atoms with Gasteiger partial charge in [-0.15, -0.1) is 5.10 Å². The first-order chi connectivity index (χ1) is 6.33. The first-order valence-electron chi connectivity index (χ1n) is 4.23. The van der Waals surface area contributed by atoms with Crippen molar-refractivity contribution in [3.8, 4) is 0 Å². The lowest BCUT2D eigenvalue weighted by molar-refractivity contribution is 0.835. The van der Waals surface area contributed by atoms with E-state index in [2.05, 4.69) is 26.8 Å². The molecule has 1 rings (SSSR count). The Bertz CT molecular complexity index is 237. The van der Waals surface area contributed by atoms with Gasteiger partial charge in [0.2, 0.25) is 11.9 Å². The van der Waals surface area contributed by atoms with Gasteiger partial charge in [0, 0.05) is 6.54 Å². The predicted octanol–water partition coefficient (Wildman–Crippen LogP) is 0.942. The minimum absolute atomic E-state index is 0.353. The van der Waals surface area contributed by atoms with Gasteiger partial charge < -0.3 is 11.1 Å². The maximum absolute atomic E-state index is 5.36. The van der Waals surface area contributed by atoms with Gasteiger partial charge in [-0.25, -0.2) is 5.10 Å². The molecule has 0 amide bonds. The van der Waals surface area contributed by atoms with E-state index in [1.165, 1.54) is 12.2 Å². The number of anilines is 2. The Hall–Kier alpha value is -0.910. The van der Waals surface area contributed by atoms with Crippen molar-refractivity contribution in [2.24, 2.45) is 0 Å². The molecule has 0 aliphatic rings. The minimum atomic E-state index is 0.353. The number of nitrogens with zero attached hydrogens (tertiary/aromatic N) is 2. The van der Waals surface area contributed by atoms with Crippen molar-refractivity contribution in [1.82, 2.24) is 15.2 Å². The Labute approximate surface area is 81.9 Å². The molecule has 0 fully saturated rings. The van der Waals surface area contributed by atoms with Gasteiger partial charge >= 0.3 is 0 Å². The second-order valence-electron chi connectivity index (χ2n) is 2.67. The van der Waals surface area contributed by atoms with E-state index in [0.29, 0.717) is 11.9 Å². The number of H-pyrrole nitrogens is 1. The number of nitrogens with one attached hydrogen (secondary N) is 2. The number of nitrogen functional groups attached to an aromatic ring is 1. The maximum Gasteiger partial charge on any atom is 0.243 e. The smallest absolute Gasteiger partial charge is 0.243 e. The molecule has 0 radical (unpaired) electrons. The molecule has 0 unspecified atom stereocenters. The molecule has 1 aromatic heterocycles. The lowest BCUT2D eigenvalue weighted by atomic mass is 10.3. The highest BCUT2D eigenvalue weighted by Gasteiger charge is 1.96. The second kappa shape index (κ2) is 5.69. The average molecular weight is 201 g/mol. The van der Waals surface area contributed by atoms with Gasteiger partial charge in [-0.2, -0.15) is 16.7 Å². The van der Waals surface area contributed by atoms with Crippen LogP contribution in [0.2, 0.25) is 0 Å². The standard InChI is InChI=1S/C7H15N5S/c1-13-5-3-2-4-9-7-10-6(8)11-12-7/h2-5H2,1H3,(H4,8,9,10,11,12). The highest BCUT2D eigenvalue weighted by Crippen LogP contribution is 2.01. The summed E-state index contributed by atoms with van der Waals surface area (Å²) in [5.41, 5.74) is 5.36. The molecule has 4 N–H and O–H groups in total. The lowest BCUT2D eigenvalue weighted by Crippen LogP contribution is -2.03. The molecule has 1 aromatic rings. The number of rotatable bonds is 6. The summed E-state index contributed by atoms with van der Waals surface area (Å²) in [4.78, 5) is 3.92. The molecular weight excluding hydrogens is 186 g/mol. The van der Waals surface area contributed by atoms with Crippen LogP contribution in [0, 0.1) is 0 Å². The highest BCUT2D eigenvalue weighted by atomic mass is 32.2. The van der Waals surface area contributed by atoms with Crippen LogP contribution in [0.5, 0.6) is 0 Å². The molecule has 0 spiro atoms. The van der Waals surface area contributed by atoms with E-state index in [9.17, 15) is 0 Å². The van der Waals surface area contributed by atoms with E-state index in [1.807, 2.05) is 11.8 Å². The van der Waals surface area contributed by atoms with E-state index in [4.69, 9.17) is 5.73 Å². The summed E-state index contributed by atoms with van der Waals surface area (Å²) in [5, 5.41) is 9.51. The molecule has 0 atom stereocenters. The minimum Gasteiger partial charge on any atom is -0.368 e. The topological polar surface area (TPSA) is 79.6 Å². The molecule has 6 heteroatoms. The van der Waals surface area contributed by atoms with Crippen molar-refractivity contribution in [3.63, 3.8) is 0 Å². The van der Waals surface area contributed by atoms with Crippen LogP contribution in [0.4, 0.5) is 11.9 Å². The molecule has 0 bridgehead atoms. The monoisotopic (exact) mass is 201 g/mol. The van der Waals surface area contributed by atoms with E-state index in [-0.39, 0.29) is 0 Å². The molecule has 0 aliphatic heterocycles. The summed E-state index contributed by atoms with van der Waals surface area (Å²) < 4.78 is 0. The molecule has 5 nitrogen and oxygen atoms in total. The van der Waals surface area contributed by atoms with Crippen molar-refractivity contribution >= 4 is 23.7 Å². The van der Waals surface area contributed by atoms with Gasteiger partial charge in [0.25, 0.3) is 0 Å². The fourth-order valence-electron chi connectivity index (χ4n) is 0.925. The number of aromatic amines is 1. The Balaban J connectivity index is 2.06. The summed E-state index contributed by atoms with van der Waals surface area (Å²) in [7, 11) is 0. The number of hydrogen-bond acceptors (Lipinski definition) is 5. The SMILES string of the molecule is CSCCCCNc1n[nH]c(N)n1. The van der Waals surface area contributed by atoms with Crippen LogP contribution in [0.15, 0.2) is 0 Å². The zero-order valence-electron chi connectivity index (χ0n) is 7.71. The number of unbranched alkanes of at least 4 members (excludes halogenated alkanes) is 1. The molecule has 74 valence electrons. The van der Waals surface area contributed by atoms with Crippen LogP contribution in [-0.4, -0.2) is 33.7 Å². The summed E-state index contributed by atoms with van der Waals surface area (Å²) in [6.45, 7) is 0.901. The lowest BCUT2D eigenvalue weighted by Gasteiger charge is -1.99. The Morgan fingerprint density at radius 1 is 1.54 bits per heavy atom. The van der Waals surface area contributed by atoms with Gasteiger partial charge in [0.05, 0.1) is 0 Å². The average Bonchev–Trinajstić information content (AvgIpc) is 2.51. The van der Waals surface area contributed by atoms with Crippen molar-refractivity contribution in [2.45, 2.75) is 12.8 Å². The Kier molecular flexibility index (Phi) is 4.45. The van der Waals surface area contributed by atoms with Gasteiger partial charge in [-0.1, -0.05) is 0 Å². The van der Waals surface area contributed by atoms with E-state index in [1.54, 1.807) is 0 Å². The molecule has 0 aliphatic carbocycles. The largest absolute Gasteiger partial charge is 0.368 e. The molecule has 1 heterocycles.